The molecule has 0 heterocycles. The minimum Gasteiger partial charge on any atom is -0.282 e. The minimum atomic E-state index is -5.52. The van der Waals surface area contributed by atoms with Gasteiger partial charge in [0, 0.05) is 22.9 Å². The Balaban J connectivity index is 1.96. The van der Waals surface area contributed by atoms with Gasteiger partial charge in [-0.15, -0.1) is 0 Å². The molecule has 4 rings (SSSR count). The van der Waals surface area contributed by atoms with Gasteiger partial charge in [0.15, 0.2) is 0 Å². The van der Waals surface area contributed by atoms with Crippen LogP contribution >= 0.6 is 0 Å². The molecule has 5 N–H and O–H groups in total. The number of aryl methyl sites for hydroxylation is 1. The monoisotopic (exact) mass is 737 g/mol. The van der Waals surface area contributed by atoms with Crippen LogP contribution < -0.4 is 9.44 Å². The highest BCUT2D eigenvalue weighted by molar-refractivity contribution is 7.94. The Morgan fingerprint density at radius 3 is 1.76 bits per heavy atom. The van der Waals surface area contributed by atoms with Gasteiger partial charge in [-0.25, -0.2) is 16.8 Å². The van der Waals surface area contributed by atoms with Crippen LogP contribution in [0.3, 0.4) is 0 Å². The first-order chi connectivity index (χ1) is 20.9. The molecule has 18 nitrogen and oxygen atoms in total. The Labute approximate surface area is 261 Å². The molecule has 0 atom stereocenters. The molecule has 0 aliphatic rings. The molecule has 0 amide bonds. The van der Waals surface area contributed by atoms with E-state index in [4.69, 9.17) is 0 Å². The predicted molar refractivity (Wildman–Crippen MR) is 159 cm³/mol. The van der Waals surface area contributed by atoms with Crippen LogP contribution in [0.1, 0.15) is 5.56 Å². The molecule has 0 radical (unpaired) electrons. The van der Waals surface area contributed by atoms with Gasteiger partial charge in [0.05, 0.1) is 26.1 Å². The van der Waals surface area contributed by atoms with Crippen molar-refractivity contribution < 1.29 is 60.7 Å². The fourth-order valence-electron chi connectivity index (χ4n) is 4.18. The van der Waals surface area contributed by atoms with E-state index in [2.05, 4.69) is 0 Å². The molecule has 0 aliphatic carbocycles. The molecule has 0 spiro atoms. The van der Waals surface area contributed by atoms with Gasteiger partial charge in [0.2, 0.25) is 0 Å². The quantitative estimate of drug-likeness (QED) is 0.0887. The lowest BCUT2D eigenvalue weighted by atomic mass is 10.1. The average molecular weight is 738 g/mol. The normalized spacial score (nSPS) is 13.0. The SMILES string of the molecule is Cc1ccc(S(=O)(=O)Nc2ccc(S(=O)(=O)O)c3cc(S(=O)(=O)O)cc(S(=O)(=O)O)c23)c(NS(=O)(=O)c2cccc([N+](=O)[O-])c2)c1. The van der Waals surface area contributed by atoms with Crippen molar-refractivity contribution in [2.75, 3.05) is 9.44 Å². The Morgan fingerprint density at radius 2 is 1.20 bits per heavy atom. The molecule has 4 aromatic carbocycles. The van der Waals surface area contributed by atoms with Crippen molar-refractivity contribution in [3.8, 4) is 0 Å². The van der Waals surface area contributed by atoms with Crippen LogP contribution in [0.5, 0.6) is 0 Å². The molecule has 0 fully saturated rings. The van der Waals surface area contributed by atoms with Crippen molar-refractivity contribution in [3.05, 3.63) is 82.4 Å². The van der Waals surface area contributed by atoms with Crippen LogP contribution in [0, 0.1) is 17.0 Å². The molecule has 0 aliphatic heterocycles. The van der Waals surface area contributed by atoms with Crippen LogP contribution in [0.4, 0.5) is 17.1 Å². The van der Waals surface area contributed by atoms with Gasteiger partial charge < -0.3 is 0 Å². The molecule has 4 aromatic rings. The lowest BCUT2D eigenvalue weighted by Gasteiger charge is -2.18. The summed E-state index contributed by atoms with van der Waals surface area (Å²) in [6.45, 7) is 1.46. The van der Waals surface area contributed by atoms with Crippen LogP contribution in [-0.2, 0) is 50.4 Å². The molecule has 0 bridgehead atoms. The summed E-state index contributed by atoms with van der Waals surface area (Å²) < 4.78 is 159. The Kier molecular flexibility index (Phi) is 8.69. The van der Waals surface area contributed by atoms with Gasteiger partial charge in [0.1, 0.15) is 14.7 Å². The van der Waals surface area contributed by atoms with Gasteiger partial charge in [0.25, 0.3) is 56.1 Å². The summed E-state index contributed by atoms with van der Waals surface area (Å²) in [5, 5.41) is 9.18. The van der Waals surface area contributed by atoms with Crippen molar-refractivity contribution in [1.29, 1.82) is 0 Å². The summed E-state index contributed by atoms with van der Waals surface area (Å²) in [5.74, 6) is 0. The summed E-state index contributed by atoms with van der Waals surface area (Å²) in [6, 6.07) is 8.83. The second-order valence-electron chi connectivity index (χ2n) is 9.35. The number of nitrogens with one attached hydrogen (secondary N) is 2. The molecule has 46 heavy (non-hydrogen) atoms. The molecule has 0 aromatic heterocycles. The number of anilines is 2. The highest BCUT2D eigenvalue weighted by Crippen LogP contribution is 2.38. The maximum atomic E-state index is 13.7. The Morgan fingerprint density at radius 1 is 0.609 bits per heavy atom. The first-order valence-corrected chi connectivity index (χ1v) is 19.1. The fourth-order valence-corrected chi connectivity index (χ4v) is 8.61. The summed E-state index contributed by atoms with van der Waals surface area (Å²) in [6.07, 6.45) is 0. The smallest absolute Gasteiger partial charge is 0.282 e. The number of benzene rings is 4. The third-order valence-corrected chi connectivity index (χ3v) is 11.5. The first-order valence-electron chi connectivity index (χ1n) is 11.9. The number of sulfonamides is 2. The van der Waals surface area contributed by atoms with Crippen molar-refractivity contribution >= 4 is 78.2 Å². The number of non-ortho nitro benzene ring substituents is 1. The van der Waals surface area contributed by atoms with E-state index >= 15 is 0 Å². The number of fused-ring (bicyclic) bond motifs is 1. The van der Waals surface area contributed by atoms with E-state index in [1.807, 2.05) is 9.44 Å². The largest absolute Gasteiger partial charge is 0.295 e. The number of nitro groups is 1. The average Bonchev–Trinajstić information content (AvgIpc) is 2.90. The lowest BCUT2D eigenvalue weighted by molar-refractivity contribution is -0.385. The second-order valence-corrected chi connectivity index (χ2v) is 16.9. The molecular weight excluding hydrogens is 719 g/mol. The summed E-state index contributed by atoms with van der Waals surface area (Å²) in [5.41, 5.74) is -1.68. The summed E-state index contributed by atoms with van der Waals surface area (Å²) in [7, 11) is -25.8. The third kappa shape index (κ3) is 7.10. The van der Waals surface area contributed by atoms with Crippen LogP contribution in [-0.4, -0.2) is 60.7 Å². The van der Waals surface area contributed by atoms with E-state index in [0.29, 0.717) is 29.8 Å². The highest BCUT2D eigenvalue weighted by Gasteiger charge is 2.30. The van der Waals surface area contributed by atoms with Gasteiger partial charge in [-0.2, -0.15) is 25.3 Å². The van der Waals surface area contributed by atoms with Crippen molar-refractivity contribution in [2.24, 2.45) is 0 Å². The van der Waals surface area contributed by atoms with Crippen molar-refractivity contribution in [3.63, 3.8) is 0 Å². The van der Waals surface area contributed by atoms with E-state index in [0.717, 1.165) is 30.3 Å². The maximum absolute atomic E-state index is 13.7. The van der Waals surface area contributed by atoms with E-state index in [1.54, 1.807) is 0 Å². The molecule has 0 unspecified atom stereocenters. The fraction of sp³-hybridized carbons (Fsp3) is 0.0435. The number of nitrogens with zero attached hydrogens (tertiary/aromatic N) is 1. The molecule has 0 saturated heterocycles. The Bertz CT molecular complexity index is 2510. The number of rotatable bonds is 10. The topological polar surface area (TPSA) is 299 Å². The first kappa shape index (κ1) is 34.6. The van der Waals surface area contributed by atoms with Gasteiger partial charge in [-0.3, -0.25) is 33.2 Å². The zero-order valence-electron chi connectivity index (χ0n) is 22.6. The van der Waals surface area contributed by atoms with Crippen LogP contribution in [0.25, 0.3) is 10.8 Å². The van der Waals surface area contributed by atoms with Crippen molar-refractivity contribution in [2.45, 2.75) is 31.4 Å². The number of hydrogen-bond donors (Lipinski definition) is 5. The molecule has 0 saturated carbocycles. The second kappa shape index (κ2) is 11.5. The number of hydrogen-bond acceptors (Lipinski definition) is 12. The third-order valence-electron chi connectivity index (χ3n) is 6.12. The molecule has 246 valence electrons. The highest BCUT2D eigenvalue weighted by atomic mass is 32.2. The van der Waals surface area contributed by atoms with Crippen LogP contribution in [0.15, 0.2) is 91.2 Å². The predicted octanol–water partition coefficient (Wildman–Crippen LogP) is 2.40. The number of nitro benzene ring substituents is 1. The van der Waals surface area contributed by atoms with E-state index in [9.17, 15) is 65.9 Å². The van der Waals surface area contributed by atoms with Crippen molar-refractivity contribution in [1.82, 2.24) is 0 Å². The van der Waals surface area contributed by atoms with E-state index < -0.39 is 108 Å². The Hall–Kier alpha value is -4.23. The van der Waals surface area contributed by atoms with Gasteiger partial charge in [-0.1, -0.05) is 12.1 Å². The zero-order chi connectivity index (χ0) is 34.6. The van der Waals surface area contributed by atoms with E-state index in [-0.39, 0.29) is 6.07 Å². The minimum absolute atomic E-state index is 0.197. The van der Waals surface area contributed by atoms with Gasteiger partial charge >= 0.3 is 0 Å². The maximum Gasteiger partial charge on any atom is 0.295 e. The lowest BCUT2D eigenvalue weighted by Crippen LogP contribution is -2.19. The van der Waals surface area contributed by atoms with Gasteiger partial charge in [-0.05, 0) is 55.0 Å². The summed E-state index contributed by atoms with van der Waals surface area (Å²) >= 11 is 0. The standard InChI is InChI=1S/C23H19N3O15S5/c1-13-5-7-21(19(9-13)25-42(29,30)15-4-2-3-14(10-15)26(27)28)43(31,32)24-18-6-8-20(45(36,37)38)17-11-16(44(33,34)35)12-22(23(17)18)46(39,40)41/h2-12,24-25H,1H3,(H,33,34,35)(H,36,37,38)(H,39,40,41). The van der Waals surface area contributed by atoms with E-state index in [1.165, 1.54) is 13.0 Å². The zero-order valence-corrected chi connectivity index (χ0v) is 26.7. The van der Waals surface area contributed by atoms with Crippen LogP contribution in [0.2, 0.25) is 0 Å². The summed E-state index contributed by atoms with van der Waals surface area (Å²) in [4.78, 5) is 5.04. The molecular formula is C23H19N3O15S5. The molecule has 23 heteroatoms.